The van der Waals surface area contributed by atoms with Crippen molar-refractivity contribution in [2.24, 2.45) is 0 Å². The quantitative estimate of drug-likeness (QED) is 0.465. The highest BCUT2D eigenvalue weighted by Gasteiger charge is 2.47. The lowest BCUT2D eigenvalue weighted by atomic mass is 9.99. The summed E-state index contributed by atoms with van der Waals surface area (Å²) in [5.74, 6) is -2.34. The summed E-state index contributed by atoms with van der Waals surface area (Å²) < 4.78 is 28.4. The van der Waals surface area contributed by atoms with E-state index >= 15 is 0 Å². The Morgan fingerprint density at radius 1 is 1.18 bits per heavy atom. The average molecular weight is 548 g/mol. The highest BCUT2D eigenvalue weighted by atomic mass is 32.2. The minimum absolute atomic E-state index is 0.0830. The standard InChI is InChI=1S/C28H23F2N5O3S/c1-2-21(36)34-12-10-16(14-34)32-26(37)25-24-22-20(9-11-31-27(22)39-25)35(28(38)33-24)17-6-3-5-15(13-17)18-7-4-8-19(29)23(18)30/h2-9,11,13,16,24-25H,1,10,12,14H2,(H,32,37)(H,33,38)/t16?,24?,25-/m1/s1. The molecule has 3 aliphatic heterocycles. The maximum atomic E-state index is 14.5. The fourth-order valence-electron chi connectivity index (χ4n) is 5.31. The Morgan fingerprint density at radius 2 is 2.00 bits per heavy atom. The zero-order valence-corrected chi connectivity index (χ0v) is 21.4. The molecule has 2 aromatic carbocycles. The number of thioether (sulfide) groups is 1. The van der Waals surface area contributed by atoms with Crippen molar-refractivity contribution in [1.82, 2.24) is 20.5 Å². The van der Waals surface area contributed by atoms with Gasteiger partial charge in [-0.15, -0.1) is 0 Å². The summed E-state index contributed by atoms with van der Waals surface area (Å²) in [4.78, 5) is 46.2. The second-order valence-electron chi connectivity index (χ2n) is 9.48. The smallest absolute Gasteiger partial charge is 0.327 e. The van der Waals surface area contributed by atoms with Gasteiger partial charge in [0.15, 0.2) is 11.6 Å². The lowest BCUT2D eigenvalue weighted by Gasteiger charge is -2.34. The first-order valence-corrected chi connectivity index (χ1v) is 13.3. The number of urea groups is 1. The van der Waals surface area contributed by atoms with Crippen molar-refractivity contribution in [2.45, 2.75) is 28.8 Å². The Balaban J connectivity index is 1.28. The van der Waals surface area contributed by atoms with Crippen LogP contribution in [0.15, 0.2) is 72.4 Å². The van der Waals surface area contributed by atoms with Gasteiger partial charge in [-0.2, -0.15) is 0 Å². The van der Waals surface area contributed by atoms with Gasteiger partial charge in [-0.05, 0) is 42.3 Å². The minimum atomic E-state index is -0.966. The molecule has 198 valence electrons. The summed E-state index contributed by atoms with van der Waals surface area (Å²) in [6, 6.07) is 11.0. The highest BCUT2D eigenvalue weighted by molar-refractivity contribution is 8.01. The summed E-state index contributed by atoms with van der Waals surface area (Å²) in [5.41, 5.74) is 2.24. The van der Waals surface area contributed by atoms with Crippen LogP contribution in [-0.4, -0.2) is 52.1 Å². The largest absolute Gasteiger partial charge is 0.350 e. The maximum absolute atomic E-state index is 14.5. The Bertz CT molecular complexity index is 1530. The molecule has 4 amide bonds. The normalized spacial score (nSPS) is 21.4. The first-order valence-electron chi connectivity index (χ1n) is 12.4. The molecule has 6 rings (SSSR count). The van der Waals surface area contributed by atoms with E-state index in [2.05, 4.69) is 22.2 Å². The van der Waals surface area contributed by atoms with E-state index in [1.807, 2.05) is 0 Å². The predicted octanol–water partition coefficient (Wildman–Crippen LogP) is 4.31. The third-order valence-corrected chi connectivity index (χ3v) is 8.44. The van der Waals surface area contributed by atoms with Crippen LogP contribution < -0.4 is 15.5 Å². The van der Waals surface area contributed by atoms with Gasteiger partial charge in [0.25, 0.3) is 0 Å². The number of likely N-dealkylation sites (tertiary alicyclic amines) is 1. The van der Waals surface area contributed by atoms with E-state index in [-0.39, 0.29) is 23.4 Å². The number of pyridine rings is 1. The SMILES string of the molecule is C=CC(=O)N1CCC(NC(=O)[C@@H]2Sc3nccc4c3C2NC(=O)N4c2cccc(-c3cccc(F)c3F)c2)C1. The Kier molecular flexibility index (Phi) is 6.30. The number of amides is 4. The molecule has 0 saturated carbocycles. The predicted molar refractivity (Wildman–Crippen MR) is 142 cm³/mol. The van der Waals surface area contributed by atoms with Gasteiger partial charge < -0.3 is 15.5 Å². The minimum Gasteiger partial charge on any atom is -0.350 e. The van der Waals surface area contributed by atoms with E-state index in [0.717, 1.165) is 11.6 Å². The van der Waals surface area contributed by atoms with Crippen LogP contribution in [0.2, 0.25) is 0 Å². The average Bonchev–Trinajstić information content (AvgIpc) is 3.55. The first-order chi connectivity index (χ1) is 18.9. The molecule has 3 aliphatic rings. The molecule has 1 fully saturated rings. The monoisotopic (exact) mass is 547 g/mol. The molecule has 1 saturated heterocycles. The van der Waals surface area contributed by atoms with Gasteiger partial charge >= 0.3 is 6.03 Å². The Labute approximate surface area is 227 Å². The maximum Gasteiger partial charge on any atom is 0.327 e. The summed E-state index contributed by atoms with van der Waals surface area (Å²) >= 11 is 1.28. The van der Waals surface area contributed by atoms with Crippen molar-refractivity contribution < 1.29 is 23.2 Å². The number of rotatable bonds is 5. The van der Waals surface area contributed by atoms with Crippen molar-refractivity contribution >= 4 is 41.0 Å². The number of nitrogens with zero attached hydrogens (tertiary/aromatic N) is 3. The Hall–Kier alpha value is -4.25. The topological polar surface area (TPSA) is 94.6 Å². The van der Waals surface area contributed by atoms with Gasteiger partial charge in [0.1, 0.15) is 10.3 Å². The lowest BCUT2D eigenvalue weighted by Crippen LogP contribution is -2.50. The number of aromatic nitrogens is 1. The van der Waals surface area contributed by atoms with Crippen LogP contribution in [-0.2, 0) is 9.59 Å². The van der Waals surface area contributed by atoms with Gasteiger partial charge in [-0.1, -0.05) is 42.6 Å². The lowest BCUT2D eigenvalue weighted by molar-refractivity contribution is -0.126. The molecule has 39 heavy (non-hydrogen) atoms. The molecule has 11 heteroatoms. The van der Waals surface area contributed by atoms with Gasteiger partial charge in [0, 0.05) is 36.5 Å². The zero-order chi connectivity index (χ0) is 27.3. The van der Waals surface area contributed by atoms with E-state index < -0.39 is 29.0 Å². The molecule has 3 atom stereocenters. The molecule has 1 aromatic heterocycles. The van der Waals surface area contributed by atoms with Crippen LogP contribution >= 0.6 is 11.8 Å². The molecule has 0 spiro atoms. The van der Waals surface area contributed by atoms with Crippen molar-refractivity contribution in [2.75, 3.05) is 18.0 Å². The van der Waals surface area contributed by atoms with Crippen LogP contribution in [0.1, 0.15) is 18.0 Å². The van der Waals surface area contributed by atoms with Gasteiger partial charge in [-0.25, -0.2) is 18.6 Å². The van der Waals surface area contributed by atoms with E-state index in [1.54, 1.807) is 41.4 Å². The highest BCUT2D eigenvalue weighted by Crippen LogP contribution is 2.50. The molecule has 3 aromatic rings. The van der Waals surface area contributed by atoms with Crippen LogP contribution in [0, 0.1) is 11.6 Å². The second kappa shape index (κ2) is 9.81. The number of hydrogen-bond donors (Lipinski definition) is 2. The van der Waals surface area contributed by atoms with Crippen LogP contribution in [0.25, 0.3) is 11.1 Å². The van der Waals surface area contributed by atoms with Gasteiger partial charge in [0.05, 0.1) is 17.4 Å². The van der Waals surface area contributed by atoms with Crippen molar-refractivity contribution in [3.63, 3.8) is 0 Å². The summed E-state index contributed by atoms with van der Waals surface area (Å²) in [6.07, 6.45) is 3.47. The fraction of sp³-hybridized carbons (Fsp3) is 0.214. The van der Waals surface area contributed by atoms with Crippen molar-refractivity contribution in [3.05, 3.63) is 84.6 Å². The third-order valence-electron chi connectivity index (χ3n) is 7.15. The molecule has 2 unspecified atom stereocenters. The summed E-state index contributed by atoms with van der Waals surface area (Å²) in [7, 11) is 0. The number of halogens is 2. The van der Waals surface area contributed by atoms with E-state index in [0.29, 0.717) is 41.5 Å². The van der Waals surface area contributed by atoms with Crippen molar-refractivity contribution in [1.29, 1.82) is 0 Å². The number of nitrogens with one attached hydrogen (secondary N) is 2. The molecular formula is C28H23F2N5O3S. The third kappa shape index (κ3) is 4.32. The molecule has 0 bridgehead atoms. The van der Waals surface area contributed by atoms with Gasteiger partial charge in [-0.3, -0.25) is 14.5 Å². The zero-order valence-electron chi connectivity index (χ0n) is 20.6. The number of carbonyl (C=O) groups is 3. The molecule has 2 N–H and O–H groups in total. The van der Waals surface area contributed by atoms with Crippen molar-refractivity contribution in [3.8, 4) is 11.1 Å². The first kappa shape index (κ1) is 25.1. The van der Waals surface area contributed by atoms with E-state index in [1.165, 1.54) is 34.9 Å². The van der Waals surface area contributed by atoms with E-state index in [4.69, 9.17) is 0 Å². The molecule has 4 heterocycles. The molecule has 0 radical (unpaired) electrons. The van der Waals surface area contributed by atoms with Crippen LogP contribution in [0.5, 0.6) is 0 Å². The summed E-state index contributed by atoms with van der Waals surface area (Å²) in [6.45, 7) is 4.45. The van der Waals surface area contributed by atoms with Crippen LogP contribution in [0.4, 0.5) is 25.0 Å². The number of anilines is 2. The number of benzene rings is 2. The van der Waals surface area contributed by atoms with Crippen LogP contribution in [0.3, 0.4) is 0 Å². The number of carbonyl (C=O) groups excluding carboxylic acids is 3. The van der Waals surface area contributed by atoms with E-state index in [9.17, 15) is 23.2 Å². The molecule has 0 aliphatic carbocycles. The second-order valence-corrected chi connectivity index (χ2v) is 10.6. The molecular weight excluding hydrogens is 524 g/mol. The number of hydrogen-bond acceptors (Lipinski definition) is 5. The summed E-state index contributed by atoms with van der Waals surface area (Å²) in [5, 5.41) is 5.95. The fourth-order valence-corrected chi connectivity index (χ4v) is 6.55. The molecule has 8 nitrogen and oxygen atoms in total. The van der Waals surface area contributed by atoms with Gasteiger partial charge in [0.2, 0.25) is 11.8 Å². The Morgan fingerprint density at radius 3 is 2.82 bits per heavy atom.